The van der Waals surface area contributed by atoms with Gasteiger partial charge in [0.2, 0.25) is 0 Å². The van der Waals surface area contributed by atoms with Crippen LogP contribution in [0.15, 0.2) is 18.2 Å². The first-order chi connectivity index (χ1) is 7.81. The Bertz CT molecular complexity index is 523. The van der Waals surface area contributed by atoms with E-state index in [0.717, 1.165) is 6.26 Å². The predicted octanol–water partition coefficient (Wildman–Crippen LogP) is 0.390. The van der Waals surface area contributed by atoms with Gasteiger partial charge in [0.05, 0.1) is 5.75 Å². The van der Waals surface area contributed by atoms with Crippen LogP contribution in [-0.2, 0) is 9.84 Å². The third-order valence-corrected chi connectivity index (χ3v) is 2.89. The number of hydrogen-bond acceptors (Lipinski definition) is 5. The average Bonchev–Trinajstić information content (AvgIpc) is 2.14. The molecular formula is C10H13NO5S. The van der Waals surface area contributed by atoms with Crippen LogP contribution in [0.1, 0.15) is 10.4 Å². The van der Waals surface area contributed by atoms with Gasteiger partial charge in [-0.3, -0.25) is 0 Å². The van der Waals surface area contributed by atoms with Crippen molar-refractivity contribution in [3.63, 3.8) is 0 Å². The highest BCUT2D eigenvalue weighted by Crippen LogP contribution is 2.24. The van der Waals surface area contributed by atoms with Gasteiger partial charge in [0.15, 0.2) is 9.84 Å². The predicted molar refractivity (Wildman–Crippen MR) is 63.0 cm³/mol. The second kappa shape index (κ2) is 5.05. The van der Waals surface area contributed by atoms with Gasteiger partial charge in [0.1, 0.15) is 17.9 Å². The second-order valence-electron chi connectivity index (χ2n) is 3.50. The van der Waals surface area contributed by atoms with Crippen LogP contribution in [0.4, 0.5) is 5.69 Å². The number of rotatable bonds is 5. The average molecular weight is 259 g/mol. The number of hydrogen-bond donors (Lipinski definition) is 2. The largest absolute Gasteiger partial charge is 0.492 e. The molecule has 0 atom stereocenters. The lowest BCUT2D eigenvalue weighted by Crippen LogP contribution is -2.14. The van der Waals surface area contributed by atoms with Crippen molar-refractivity contribution in [2.75, 3.05) is 24.3 Å². The van der Waals surface area contributed by atoms with E-state index < -0.39 is 15.8 Å². The van der Waals surface area contributed by atoms with Crippen molar-refractivity contribution in [1.29, 1.82) is 0 Å². The molecule has 0 unspecified atom stereocenters. The van der Waals surface area contributed by atoms with E-state index in [-0.39, 0.29) is 29.4 Å². The summed E-state index contributed by atoms with van der Waals surface area (Å²) in [7, 11) is -3.14. The number of benzene rings is 1. The van der Waals surface area contributed by atoms with Gasteiger partial charge in [-0.05, 0) is 12.1 Å². The molecule has 17 heavy (non-hydrogen) atoms. The monoisotopic (exact) mass is 259 g/mol. The molecule has 6 nitrogen and oxygen atoms in total. The van der Waals surface area contributed by atoms with Crippen LogP contribution in [-0.4, -0.2) is 38.1 Å². The Morgan fingerprint density at radius 2 is 2.12 bits per heavy atom. The van der Waals surface area contributed by atoms with E-state index in [1.54, 1.807) is 0 Å². The molecule has 0 aromatic heterocycles. The summed E-state index contributed by atoms with van der Waals surface area (Å²) in [6.07, 6.45) is 1.08. The maximum absolute atomic E-state index is 10.9. The first-order valence-corrected chi connectivity index (χ1v) is 6.79. The Balaban J connectivity index is 2.85. The minimum atomic E-state index is -3.14. The molecule has 0 spiro atoms. The summed E-state index contributed by atoms with van der Waals surface area (Å²) in [5, 5.41) is 8.93. The molecule has 1 aromatic rings. The Morgan fingerprint density at radius 1 is 1.47 bits per heavy atom. The number of anilines is 1. The smallest absolute Gasteiger partial charge is 0.341 e. The Hall–Kier alpha value is -1.76. The minimum Gasteiger partial charge on any atom is -0.492 e. The number of ether oxygens (including phenoxy) is 1. The number of sulfone groups is 1. The van der Waals surface area contributed by atoms with Crippen molar-refractivity contribution < 1.29 is 23.1 Å². The number of carbonyl (C=O) groups is 1. The van der Waals surface area contributed by atoms with Crippen molar-refractivity contribution in [3.05, 3.63) is 23.8 Å². The number of aromatic carboxylic acids is 1. The molecule has 94 valence electrons. The SMILES string of the molecule is CS(=O)(=O)CCOc1cccc(N)c1C(=O)O. The molecule has 0 aliphatic rings. The van der Waals surface area contributed by atoms with E-state index in [9.17, 15) is 13.2 Å². The van der Waals surface area contributed by atoms with E-state index in [0.29, 0.717) is 0 Å². The molecule has 0 bridgehead atoms. The van der Waals surface area contributed by atoms with Crippen LogP contribution < -0.4 is 10.5 Å². The molecule has 0 radical (unpaired) electrons. The van der Waals surface area contributed by atoms with Gasteiger partial charge in [0.25, 0.3) is 0 Å². The van der Waals surface area contributed by atoms with E-state index in [1.165, 1.54) is 18.2 Å². The summed E-state index contributed by atoms with van der Waals surface area (Å²) in [6, 6.07) is 4.41. The topological polar surface area (TPSA) is 107 Å². The van der Waals surface area contributed by atoms with Gasteiger partial charge in [-0.25, -0.2) is 13.2 Å². The van der Waals surface area contributed by atoms with Crippen LogP contribution in [0.25, 0.3) is 0 Å². The van der Waals surface area contributed by atoms with Crippen molar-refractivity contribution in [1.82, 2.24) is 0 Å². The summed E-state index contributed by atoms with van der Waals surface area (Å²) in [5.41, 5.74) is 5.43. The van der Waals surface area contributed by atoms with Crippen molar-refractivity contribution in [3.8, 4) is 5.75 Å². The highest BCUT2D eigenvalue weighted by atomic mass is 32.2. The highest BCUT2D eigenvalue weighted by molar-refractivity contribution is 7.90. The lowest BCUT2D eigenvalue weighted by molar-refractivity contribution is 0.0694. The maximum atomic E-state index is 10.9. The summed E-state index contributed by atoms with van der Waals surface area (Å²) in [4.78, 5) is 10.9. The van der Waals surface area contributed by atoms with E-state index in [1.807, 2.05) is 0 Å². The zero-order valence-electron chi connectivity index (χ0n) is 9.21. The highest BCUT2D eigenvalue weighted by Gasteiger charge is 2.15. The molecular weight excluding hydrogens is 246 g/mol. The van der Waals surface area contributed by atoms with Gasteiger partial charge in [0, 0.05) is 11.9 Å². The Kier molecular flexibility index (Phi) is 3.95. The lowest BCUT2D eigenvalue weighted by Gasteiger charge is -2.10. The number of nitrogens with two attached hydrogens (primary N) is 1. The molecule has 7 heteroatoms. The molecule has 1 rings (SSSR count). The first-order valence-electron chi connectivity index (χ1n) is 4.73. The fourth-order valence-electron chi connectivity index (χ4n) is 1.20. The summed E-state index contributed by atoms with van der Waals surface area (Å²) in [5.74, 6) is -1.32. The van der Waals surface area contributed by atoms with E-state index in [2.05, 4.69) is 0 Å². The molecule has 0 heterocycles. The second-order valence-corrected chi connectivity index (χ2v) is 5.76. The van der Waals surface area contributed by atoms with Gasteiger partial charge in [-0.15, -0.1) is 0 Å². The third-order valence-electron chi connectivity index (χ3n) is 1.98. The van der Waals surface area contributed by atoms with Crippen LogP contribution in [0.2, 0.25) is 0 Å². The Morgan fingerprint density at radius 3 is 2.65 bits per heavy atom. The van der Waals surface area contributed by atoms with Gasteiger partial charge >= 0.3 is 5.97 Å². The van der Waals surface area contributed by atoms with Crippen molar-refractivity contribution in [2.45, 2.75) is 0 Å². The fourth-order valence-corrected chi connectivity index (χ4v) is 1.59. The maximum Gasteiger partial charge on any atom is 0.341 e. The molecule has 0 aliphatic carbocycles. The lowest BCUT2D eigenvalue weighted by atomic mass is 10.1. The standard InChI is InChI=1S/C10H13NO5S/c1-17(14,15)6-5-16-8-4-2-3-7(11)9(8)10(12)13/h2-4H,5-6,11H2,1H3,(H,12,13). The molecule has 0 amide bonds. The van der Waals surface area contributed by atoms with Crippen LogP contribution in [0.3, 0.4) is 0 Å². The molecule has 0 saturated carbocycles. The van der Waals surface area contributed by atoms with Gasteiger partial charge in [-0.1, -0.05) is 6.07 Å². The molecule has 0 saturated heterocycles. The number of nitrogen functional groups attached to an aromatic ring is 1. The number of carboxylic acids is 1. The van der Waals surface area contributed by atoms with Crippen molar-refractivity contribution in [2.24, 2.45) is 0 Å². The van der Waals surface area contributed by atoms with Crippen LogP contribution >= 0.6 is 0 Å². The molecule has 3 N–H and O–H groups in total. The normalized spacial score (nSPS) is 11.1. The summed E-state index contributed by atoms with van der Waals surface area (Å²) < 4.78 is 26.9. The van der Waals surface area contributed by atoms with E-state index in [4.69, 9.17) is 15.6 Å². The molecule has 0 fully saturated rings. The van der Waals surface area contributed by atoms with Gasteiger partial charge < -0.3 is 15.6 Å². The summed E-state index contributed by atoms with van der Waals surface area (Å²) in [6.45, 7) is -0.109. The first kappa shape index (κ1) is 13.3. The minimum absolute atomic E-state index is 0.0705. The fraction of sp³-hybridized carbons (Fsp3) is 0.300. The van der Waals surface area contributed by atoms with Gasteiger partial charge in [-0.2, -0.15) is 0 Å². The van der Waals surface area contributed by atoms with Crippen molar-refractivity contribution >= 4 is 21.5 Å². The molecule has 0 aliphatic heterocycles. The Labute approximate surface area is 98.9 Å². The number of carboxylic acid groups (broad SMARTS) is 1. The summed E-state index contributed by atoms with van der Waals surface area (Å²) >= 11 is 0. The molecule has 1 aromatic carbocycles. The van der Waals surface area contributed by atoms with Crippen LogP contribution in [0, 0.1) is 0 Å². The zero-order valence-corrected chi connectivity index (χ0v) is 10.0. The zero-order chi connectivity index (χ0) is 13.1. The third kappa shape index (κ3) is 3.95. The van der Waals surface area contributed by atoms with Crippen LogP contribution in [0.5, 0.6) is 5.75 Å². The quantitative estimate of drug-likeness (QED) is 0.741. The van der Waals surface area contributed by atoms with E-state index >= 15 is 0 Å².